The van der Waals surface area contributed by atoms with E-state index in [1.807, 2.05) is 66.7 Å². The summed E-state index contributed by atoms with van der Waals surface area (Å²) in [5, 5.41) is 5.73. The second-order valence-corrected chi connectivity index (χ2v) is 10.8. The molecule has 0 spiro atoms. The highest BCUT2D eigenvalue weighted by molar-refractivity contribution is 6.22. The summed E-state index contributed by atoms with van der Waals surface area (Å²) in [6.07, 6.45) is -9.63. The monoisotopic (exact) mass is 624 g/mol. The maximum absolute atomic E-state index is 12.9. The van der Waals surface area contributed by atoms with Crippen LogP contribution in [0.1, 0.15) is 0 Å². The van der Waals surface area contributed by atoms with Crippen LogP contribution in [0.15, 0.2) is 133 Å². The molecule has 0 aromatic heterocycles. The van der Waals surface area contributed by atoms with E-state index in [4.69, 9.17) is 0 Å². The lowest BCUT2D eigenvalue weighted by molar-refractivity contribution is -0.275. The molecule has 0 radical (unpaired) electrons. The van der Waals surface area contributed by atoms with Crippen LogP contribution in [0.2, 0.25) is 0 Å². The molecule has 228 valence electrons. The first-order chi connectivity index (χ1) is 22.0. The Morgan fingerprint density at radius 3 is 1.39 bits per heavy atom. The molecule has 0 aliphatic heterocycles. The van der Waals surface area contributed by atoms with Crippen molar-refractivity contribution < 1.29 is 35.8 Å². The molecular weight excluding hydrogens is 602 g/mol. The minimum atomic E-state index is -4.82. The highest BCUT2D eigenvalue weighted by atomic mass is 19.4. The lowest BCUT2D eigenvalue weighted by Gasteiger charge is -2.19. The fourth-order valence-corrected chi connectivity index (χ4v) is 6.00. The van der Waals surface area contributed by atoms with Crippen molar-refractivity contribution in [2.24, 2.45) is 0 Å². The van der Waals surface area contributed by atoms with Gasteiger partial charge in [0.15, 0.2) is 0 Å². The van der Waals surface area contributed by atoms with Crippen LogP contribution >= 0.6 is 0 Å². The molecule has 0 heterocycles. The quantitative estimate of drug-likeness (QED) is 0.140. The van der Waals surface area contributed by atoms with Crippen LogP contribution in [0.25, 0.3) is 65.7 Å². The average molecular weight is 625 g/mol. The summed E-state index contributed by atoms with van der Waals surface area (Å²) in [5.74, 6) is -0.664. The summed E-state index contributed by atoms with van der Waals surface area (Å²) in [4.78, 5) is 0. The minimum absolute atomic E-state index is 0.330. The van der Waals surface area contributed by atoms with E-state index in [1.54, 1.807) is 24.3 Å². The van der Waals surface area contributed by atoms with E-state index in [9.17, 15) is 26.3 Å². The molecule has 0 saturated carbocycles. The molecule has 46 heavy (non-hydrogen) atoms. The van der Waals surface area contributed by atoms with Crippen molar-refractivity contribution in [1.29, 1.82) is 0 Å². The number of hydrogen-bond donors (Lipinski definition) is 0. The van der Waals surface area contributed by atoms with Gasteiger partial charge in [-0.2, -0.15) is 0 Å². The predicted octanol–water partition coefficient (Wildman–Crippen LogP) is 11.9. The van der Waals surface area contributed by atoms with Gasteiger partial charge in [-0.05, 0) is 102 Å². The zero-order valence-electron chi connectivity index (χ0n) is 23.8. The highest BCUT2D eigenvalue weighted by Crippen LogP contribution is 2.45. The summed E-state index contributed by atoms with van der Waals surface area (Å²) < 4.78 is 85.2. The van der Waals surface area contributed by atoms with Crippen LogP contribution < -0.4 is 9.47 Å². The molecule has 8 heteroatoms. The Balaban J connectivity index is 1.48. The van der Waals surface area contributed by atoms with Crippen LogP contribution in [0.5, 0.6) is 11.5 Å². The third-order valence-electron chi connectivity index (χ3n) is 7.86. The number of ether oxygens (including phenoxy) is 2. The first-order valence-corrected chi connectivity index (χ1v) is 14.2. The molecule has 0 N–H and O–H groups in total. The zero-order chi connectivity index (χ0) is 32.1. The number of fused-ring (bicyclic) bond motifs is 3. The second-order valence-electron chi connectivity index (χ2n) is 10.8. The maximum atomic E-state index is 12.9. The van der Waals surface area contributed by atoms with Crippen molar-refractivity contribution in [3.8, 4) is 44.9 Å². The number of hydrogen-bond acceptors (Lipinski definition) is 2. The first-order valence-electron chi connectivity index (χ1n) is 14.2. The molecular formula is C38H22F6O2. The van der Waals surface area contributed by atoms with E-state index < -0.39 is 12.7 Å². The lowest BCUT2D eigenvalue weighted by atomic mass is 9.84. The Morgan fingerprint density at radius 2 is 0.804 bits per heavy atom. The molecule has 7 aromatic rings. The van der Waals surface area contributed by atoms with E-state index in [0.717, 1.165) is 54.6 Å². The number of alkyl halides is 6. The normalized spacial score (nSPS) is 12.1. The topological polar surface area (TPSA) is 18.5 Å². The molecule has 0 aliphatic rings. The SMILES string of the molecule is FC(F)(F)Oc1ccc(-c2ccc3c(-c4ccc5ccccc5c4)c4ccccc4c(-c4ccc(OC(F)(F)F)cc4)c3c2)cc1. The van der Waals surface area contributed by atoms with Crippen LogP contribution in [-0.2, 0) is 0 Å². The van der Waals surface area contributed by atoms with Crippen molar-refractivity contribution >= 4 is 32.3 Å². The lowest BCUT2D eigenvalue weighted by Crippen LogP contribution is -2.16. The van der Waals surface area contributed by atoms with Gasteiger partial charge in [-0.15, -0.1) is 26.3 Å². The van der Waals surface area contributed by atoms with E-state index in [2.05, 4.69) is 27.7 Å². The summed E-state index contributed by atoms with van der Waals surface area (Å²) in [6.45, 7) is 0. The van der Waals surface area contributed by atoms with Gasteiger partial charge in [-0.1, -0.05) is 97.1 Å². The Kier molecular flexibility index (Phi) is 7.08. The average Bonchev–Trinajstić information content (AvgIpc) is 3.02. The van der Waals surface area contributed by atoms with Gasteiger partial charge >= 0.3 is 12.7 Å². The summed E-state index contributed by atoms with van der Waals surface area (Å²) in [7, 11) is 0. The largest absolute Gasteiger partial charge is 0.573 e. The molecule has 7 aromatic carbocycles. The van der Waals surface area contributed by atoms with Crippen LogP contribution in [0.4, 0.5) is 26.3 Å². The van der Waals surface area contributed by atoms with Gasteiger partial charge in [0.25, 0.3) is 0 Å². The van der Waals surface area contributed by atoms with Crippen LogP contribution in [-0.4, -0.2) is 12.7 Å². The van der Waals surface area contributed by atoms with Crippen molar-refractivity contribution in [2.75, 3.05) is 0 Å². The summed E-state index contributed by atoms with van der Waals surface area (Å²) in [6, 6.07) is 39.4. The van der Waals surface area contributed by atoms with Gasteiger partial charge in [-0.3, -0.25) is 0 Å². The first kappa shape index (κ1) is 29.2. The molecule has 0 fully saturated rings. The van der Waals surface area contributed by atoms with Crippen LogP contribution in [0.3, 0.4) is 0 Å². The molecule has 0 atom stereocenters. The van der Waals surface area contributed by atoms with Crippen molar-refractivity contribution in [1.82, 2.24) is 0 Å². The summed E-state index contributed by atoms with van der Waals surface area (Å²) in [5.41, 5.74) is 4.85. The van der Waals surface area contributed by atoms with E-state index >= 15 is 0 Å². The second kappa shape index (κ2) is 11.1. The highest BCUT2D eigenvalue weighted by Gasteiger charge is 2.32. The van der Waals surface area contributed by atoms with Crippen LogP contribution in [0, 0.1) is 0 Å². The summed E-state index contributed by atoms with van der Waals surface area (Å²) >= 11 is 0. The Bertz CT molecular complexity index is 2220. The van der Waals surface area contributed by atoms with Gasteiger partial charge in [0.2, 0.25) is 0 Å². The number of rotatable bonds is 5. The molecule has 2 nitrogen and oxygen atoms in total. The minimum Gasteiger partial charge on any atom is -0.406 e. The zero-order valence-corrected chi connectivity index (χ0v) is 23.8. The molecule has 7 rings (SSSR count). The molecule has 0 bridgehead atoms. The Hall–Kier alpha value is -5.50. The Labute approximate surface area is 259 Å². The molecule has 0 saturated heterocycles. The number of halogens is 6. The van der Waals surface area contributed by atoms with E-state index in [1.165, 1.54) is 24.3 Å². The third kappa shape index (κ3) is 5.81. The molecule has 0 unspecified atom stereocenters. The van der Waals surface area contributed by atoms with Crippen molar-refractivity contribution in [3.63, 3.8) is 0 Å². The maximum Gasteiger partial charge on any atom is 0.573 e. The van der Waals surface area contributed by atoms with Crippen molar-refractivity contribution in [2.45, 2.75) is 12.7 Å². The molecule has 0 aliphatic carbocycles. The van der Waals surface area contributed by atoms with Gasteiger partial charge in [0, 0.05) is 0 Å². The van der Waals surface area contributed by atoms with Gasteiger partial charge < -0.3 is 9.47 Å². The van der Waals surface area contributed by atoms with Crippen molar-refractivity contribution in [3.05, 3.63) is 133 Å². The molecule has 0 amide bonds. The fraction of sp³-hybridized carbons (Fsp3) is 0.0526. The smallest absolute Gasteiger partial charge is 0.406 e. The number of benzene rings is 7. The van der Waals surface area contributed by atoms with Gasteiger partial charge in [0.05, 0.1) is 0 Å². The van der Waals surface area contributed by atoms with E-state index in [0.29, 0.717) is 11.1 Å². The van der Waals surface area contributed by atoms with Gasteiger partial charge in [-0.25, -0.2) is 0 Å². The fourth-order valence-electron chi connectivity index (χ4n) is 6.00. The standard InChI is InChI=1S/C38H22F6O2/c39-37(40,41)45-29-16-11-24(12-17-29)27-15-20-33-34(22-27)35(25-13-18-30(19-14-25)46-38(42,43)44)31-7-3-4-8-32(31)36(33)28-10-9-23-5-1-2-6-26(23)21-28/h1-22H. The van der Waals surface area contributed by atoms with E-state index in [-0.39, 0.29) is 11.5 Å². The Morgan fingerprint density at radius 1 is 0.348 bits per heavy atom. The van der Waals surface area contributed by atoms with Gasteiger partial charge in [0.1, 0.15) is 11.5 Å². The predicted molar refractivity (Wildman–Crippen MR) is 169 cm³/mol. The third-order valence-corrected chi connectivity index (χ3v) is 7.86.